The zero-order chi connectivity index (χ0) is 16.1. The molecule has 0 aromatic heterocycles. The van der Waals surface area contributed by atoms with Gasteiger partial charge in [-0.25, -0.2) is 4.39 Å². The second kappa shape index (κ2) is 7.29. The Morgan fingerprint density at radius 2 is 1.87 bits per heavy atom. The van der Waals surface area contributed by atoms with Gasteiger partial charge in [-0.2, -0.15) is 0 Å². The molecule has 0 saturated heterocycles. The number of rotatable bonds is 5. The van der Waals surface area contributed by atoms with Gasteiger partial charge in [-0.15, -0.1) is 0 Å². The van der Waals surface area contributed by atoms with Crippen LogP contribution in [0.4, 0.5) is 4.39 Å². The van der Waals surface area contributed by atoms with E-state index in [1.807, 2.05) is 43.5 Å². The predicted molar refractivity (Wildman–Crippen MR) is 89.2 cm³/mol. The van der Waals surface area contributed by atoms with E-state index >= 15 is 0 Å². The molecule has 0 amide bonds. The fraction of sp³-hybridized carbons (Fsp3) is 0.263. The Morgan fingerprint density at radius 3 is 2.70 bits per heavy atom. The molecule has 0 fully saturated rings. The highest BCUT2D eigenvalue weighted by molar-refractivity contribution is 5.49. The lowest BCUT2D eigenvalue weighted by molar-refractivity contribution is 0.171. The molecule has 1 heterocycles. The molecule has 1 aliphatic rings. The van der Waals surface area contributed by atoms with Crippen LogP contribution in [0.3, 0.4) is 0 Å². The lowest BCUT2D eigenvalue weighted by Gasteiger charge is -2.20. The van der Waals surface area contributed by atoms with Crippen LogP contribution in [0.15, 0.2) is 48.5 Å². The molecular weight excluding hydrogens is 293 g/mol. The van der Waals surface area contributed by atoms with Crippen molar-refractivity contribution in [1.82, 2.24) is 4.90 Å². The van der Waals surface area contributed by atoms with Crippen molar-refractivity contribution in [3.63, 3.8) is 0 Å². The molecule has 0 spiro atoms. The Hall–Kier alpha value is -2.33. The van der Waals surface area contributed by atoms with Crippen molar-refractivity contribution in [2.75, 3.05) is 26.8 Å². The summed E-state index contributed by atoms with van der Waals surface area (Å²) >= 11 is 0. The molecule has 4 heteroatoms. The Kier molecular flexibility index (Phi) is 4.93. The molecule has 3 nitrogen and oxygen atoms in total. The van der Waals surface area contributed by atoms with Crippen LogP contribution in [0.25, 0.3) is 6.08 Å². The topological polar surface area (TPSA) is 21.7 Å². The summed E-state index contributed by atoms with van der Waals surface area (Å²) in [5.41, 5.74) is 1.77. The molecule has 0 atom stereocenters. The van der Waals surface area contributed by atoms with E-state index in [4.69, 9.17) is 9.47 Å². The molecule has 0 saturated carbocycles. The largest absolute Gasteiger partial charge is 0.486 e. The molecule has 0 radical (unpaired) electrons. The van der Waals surface area contributed by atoms with E-state index in [9.17, 15) is 4.39 Å². The lowest BCUT2D eigenvalue weighted by atomic mass is 10.1. The zero-order valence-electron chi connectivity index (χ0n) is 13.2. The average molecular weight is 313 g/mol. The van der Waals surface area contributed by atoms with Crippen LogP contribution in [0.2, 0.25) is 0 Å². The van der Waals surface area contributed by atoms with Crippen molar-refractivity contribution in [1.29, 1.82) is 0 Å². The monoisotopic (exact) mass is 313 g/mol. The SMILES string of the molecule is CN(CC=Cc1ccccc1F)Cc1ccc2c(c1)OCCO2. The van der Waals surface area contributed by atoms with Crippen molar-refractivity contribution in [3.8, 4) is 11.5 Å². The van der Waals surface area contributed by atoms with Gasteiger partial charge in [0.05, 0.1) is 0 Å². The van der Waals surface area contributed by atoms with E-state index in [1.54, 1.807) is 12.1 Å². The minimum absolute atomic E-state index is 0.196. The third kappa shape index (κ3) is 4.11. The normalized spacial score (nSPS) is 13.7. The van der Waals surface area contributed by atoms with Gasteiger partial charge >= 0.3 is 0 Å². The number of likely N-dealkylation sites (N-methyl/N-ethyl adjacent to an activating group) is 1. The summed E-state index contributed by atoms with van der Waals surface area (Å²) in [4.78, 5) is 2.16. The highest BCUT2D eigenvalue weighted by Gasteiger charge is 2.12. The summed E-state index contributed by atoms with van der Waals surface area (Å²) in [6, 6.07) is 12.8. The van der Waals surface area contributed by atoms with E-state index in [-0.39, 0.29) is 5.82 Å². The van der Waals surface area contributed by atoms with E-state index in [0.717, 1.165) is 30.2 Å². The van der Waals surface area contributed by atoms with Crippen LogP contribution >= 0.6 is 0 Å². The standard InChI is InChI=1S/C19H20FNO2/c1-21(10-4-6-16-5-2-3-7-17(16)20)14-15-8-9-18-19(13-15)23-12-11-22-18/h2-9,13H,10-12,14H2,1H3. The number of nitrogens with zero attached hydrogens (tertiary/aromatic N) is 1. The quantitative estimate of drug-likeness (QED) is 0.839. The van der Waals surface area contributed by atoms with Crippen LogP contribution in [0.5, 0.6) is 11.5 Å². The zero-order valence-corrected chi connectivity index (χ0v) is 13.2. The number of hydrogen-bond acceptors (Lipinski definition) is 3. The molecular formula is C19H20FNO2. The molecule has 3 rings (SSSR count). The van der Waals surface area contributed by atoms with E-state index in [2.05, 4.69) is 4.90 Å². The fourth-order valence-electron chi connectivity index (χ4n) is 2.53. The van der Waals surface area contributed by atoms with Gasteiger partial charge in [0, 0.05) is 18.7 Å². The maximum atomic E-state index is 13.5. The molecule has 1 aliphatic heterocycles. The second-order valence-corrected chi connectivity index (χ2v) is 5.60. The van der Waals surface area contributed by atoms with Gasteiger partial charge in [-0.3, -0.25) is 4.90 Å². The van der Waals surface area contributed by atoms with Crippen molar-refractivity contribution in [3.05, 3.63) is 65.5 Å². The first kappa shape index (κ1) is 15.6. The second-order valence-electron chi connectivity index (χ2n) is 5.60. The van der Waals surface area contributed by atoms with Crippen molar-refractivity contribution in [2.45, 2.75) is 6.54 Å². The molecule has 0 unspecified atom stereocenters. The maximum Gasteiger partial charge on any atom is 0.161 e. The first-order valence-corrected chi connectivity index (χ1v) is 7.70. The number of benzene rings is 2. The first-order valence-electron chi connectivity index (χ1n) is 7.70. The minimum atomic E-state index is -0.196. The first-order chi connectivity index (χ1) is 11.2. The number of ether oxygens (including phenoxy) is 2. The molecule has 120 valence electrons. The number of halogens is 1. The Labute approximate surface area is 136 Å². The van der Waals surface area contributed by atoms with Gasteiger partial charge in [0.2, 0.25) is 0 Å². The van der Waals surface area contributed by atoms with Gasteiger partial charge in [0.25, 0.3) is 0 Å². The molecule has 23 heavy (non-hydrogen) atoms. The number of hydrogen-bond donors (Lipinski definition) is 0. The summed E-state index contributed by atoms with van der Waals surface area (Å²) in [5.74, 6) is 1.42. The minimum Gasteiger partial charge on any atom is -0.486 e. The molecule has 0 bridgehead atoms. The van der Waals surface area contributed by atoms with Crippen LogP contribution in [0.1, 0.15) is 11.1 Å². The lowest BCUT2D eigenvalue weighted by Crippen LogP contribution is -2.19. The fourth-order valence-corrected chi connectivity index (χ4v) is 2.53. The van der Waals surface area contributed by atoms with Gasteiger partial charge in [-0.1, -0.05) is 36.4 Å². The summed E-state index contributed by atoms with van der Waals surface area (Å²) in [6.45, 7) is 2.73. The third-order valence-corrected chi connectivity index (χ3v) is 3.68. The van der Waals surface area contributed by atoms with Crippen molar-refractivity contribution >= 4 is 6.08 Å². The van der Waals surface area contributed by atoms with E-state index in [1.165, 1.54) is 6.07 Å². The van der Waals surface area contributed by atoms with Crippen LogP contribution < -0.4 is 9.47 Å². The van der Waals surface area contributed by atoms with Crippen LogP contribution in [-0.2, 0) is 6.54 Å². The van der Waals surface area contributed by atoms with Crippen LogP contribution in [-0.4, -0.2) is 31.7 Å². The van der Waals surface area contributed by atoms with Gasteiger partial charge < -0.3 is 9.47 Å². The summed E-state index contributed by atoms with van der Waals surface area (Å²) < 4.78 is 24.7. The van der Waals surface area contributed by atoms with Gasteiger partial charge in [0.1, 0.15) is 19.0 Å². The van der Waals surface area contributed by atoms with E-state index < -0.39 is 0 Å². The Bertz CT molecular complexity index is 700. The van der Waals surface area contributed by atoms with Gasteiger partial charge in [-0.05, 0) is 30.8 Å². The Balaban J connectivity index is 1.57. The summed E-state index contributed by atoms with van der Waals surface area (Å²) in [5, 5.41) is 0. The van der Waals surface area contributed by atoms with Crippen LogP contribution in [0, 0.1) is 5.82 Å². The predicted octanol–water partition coefficient (Wildman–Crippen LogP) is 3.74. The Morgan fingerprint density at radius 1 is 1.09 bits per heavy atom. The van der Waals surface area contributed by atoms with E-state index in [0.29, 0.717) is 18.8 Å². The average Bonchev–Trinajstić information content (AvgIpc) is 2.56. The summed E-state index contributed by atoms with van der Waals surface area (Å²) in [7, 11) is 2.03. The maximum absolute atomic E-state index is 13.5. The van der Waals surface area contributed by atoms with Crippen molar-refractivity contribution in [2.24, 2.45) is 0 Å². The molecule has 0 aliphatic carbocycles. The molecule has 2 aromatic carbocycles. The molecule has 2 aromatic rings. The third-order valence-electron chi connectivity index (χ3n) is 3.68. The highest BCUT2D eigenvalue weighted by Crippen LogP contribution is 2.30. The van der Waals surface area contributed by atoms with Gasteiger partial charge in [0.15, 0.2) is 11.5 Å². The highest BCUT2D eigenvalue weighted by atomic mass is 19.1. The number of fused-ring (bicyclic) bond motifs is 1. The molecule has 0 N–H and O–H groups in total. The summed E-state index contributed by atoms with van der Waals surface area (Å²) in [6.07, 6.45) is 3.78. The van der Waals surface area contributed by atoms with Crippen molar-refractivity contribution < 1.29 is 13.9 Å². The smallest absolute Gasteiger partial charge is 0.161 e.